The van der Waals surface area contributed by atoms with Crippen LogP contribution in [0.2, 0.25) is 0 Å². The minimum absolute atomic E-state index is 0.0539. The van der Waals surface area contributed by atoms with Gasteiger partial charge < -0.3 is 19.3 Å². The molecule has 0 unspecified atom stereocenters. The summed E-state index contributed by atoms with van der Waals surface area (Å²) in [7, 11) is 1.30. The second-order valence-corrected chi connectivity index (χ2v) is 14.0. The topological polar surface area (TPSA) is 123 Å². The monoisotopic (exact) mass is 704 g/mol. The highest BCUT2D eigenvalue weighted by molar-refractivity contribution is 9.69. The highest BCUT2D eigenvalue weighted by Gasteiger charge is 2.39. The van der Waals surface area contributed by atoms with Gasteiger partial charge in [-0.2, -0.15) is 0 Å². The van der Waals surface area contributed by atoms with Gasteiger partial charge in [-0.25, -0.2) is 19.2 Å². The molecule has 0 aliphatic carbocycles. The van der Waals surface area contributed by atoms with Crippen LogP contribution in [0.15, 0.2) is 60.7 Å². The number of carboxylic acids is 1. The molecular weight excluding hydrogens is 683 g/mol. The zero-order chi connectivity index (χ0) is 27.4. The molecule has 14 heteroatoms. The Bertz CT molecular complexity index is 1050. The van der Waals surface area contributed by atoms with E-state index in [0.717, 1.165) is 11.1 Å². The Balaban J connectivity index is 0.000000228. The van der Waals surface area contributed by atoms with E-state index in [4.69, 9.17) is 14.6 Å². The maximum absolute atomic E-state index is 11.5. The summed E-state index contributed by atoms with van der Waals surface area (Å²) in [5.41, 5.74) is 1.83. The number of nitrogens with zero attached hydrogens (tertiary/aromatic N) is 2. The normalized spacial score (nSPS) is 17.9. The molecule has 2 fully saturated rings. The van der Waals surface area contributed by atoms with Gasteiger partial charge in [0.05, 0.1) is 20.2 Å². The fraction of sp³-hybridized carbons (Fsp3) is 0.304. The molecule has 2 atom stereocenters. The highest BCUT2D eigenvalue weighted by atomic mass is 79.9. The van der Waals surface area contributed by atoms with Gasteiger partial charge in [0, 0.05) is 0 Å². The van der Waals surface area contributed by atoms with E-state index in [-0.39, 0.29) is 22.9 Å². The predicted molar refractivity (Wildman–Crippen MR) is 146 cm³/mol. The van der Waals surface area contributed by atoms with Gasteiger partial charge in [-0.1, -0.05) is 60.7 Å². The summed E-state index contributed by atoms with van der Waals surface area (Å²) >= 11 is 9.31. The smallest absolute Gasteiger partial charge is 0.411 e. The Labute approximate surface area is 239 Å². The third kappa shape index (κ3) is 10.0. The quantitative estimate of drug-likeness (QED) is 0.266. The number of ether oxygens (including phenoxy) is 3. The number of hydrogen-bond acceptors (Lipinski definition) is 7. The summed E-state index contributed by atoms with van der Waals surface area (Å²) in [6.45, 7) is 0.579. The summed E-state index contributed by atoms with van der Waals surface area (Å²) in [6, 6.07) is 17.1. The van der Waals surface area contributed by atoms with E-state index in [1.54, 1.807) is 0 Å². The number of methoxy groups -OCH3 is 1. The van der Waals surface area contributed by atoms with Crippen LogP contribution in [0.5, 0.6) is 0 Å². The highest BCUT2D eigenvalue weighted by Crippen LogP contribution is 2.18. The Morgan fingerprint density at radius 3 is 1.62 bits per heavy atom. The average molecular weight is 707 g/mol. The second kappa shape index (κ2) is 15.6. The van der Waals surface area contributed by atoms with Crippen molar-refractivity contribution in [1.82, 2.24) is 9.80 Å². The molecule has 2 aromatic carbocycles. The molecule has 0 radical (unpaired) electrons. The van der Waals surface area contributed by atoms with Crippen LogP contribution in [0.25, 0.3) is 0 Å². The van der Waals surface area contributed by atoms with Crippen LogP contribution in [-0.2, 0) is 36.9 Å². The largest absolute Gasteiger partial charge is 0.480 e. The van der Waals surface area contributed by atoms with Gasteiger partial charge in [-0.3, -0.25) is 9.80 Å². The van der Waals surface area contributed by atoms with Crippen LogP contribution in [-0.4, -0.2) is 74.6 Å². The van der Waals surface area contributed by atoms with Crippen molar-refractivity contribution in [2.45, 2.75) is 25.2 Å². The summed E-state index contributed by atoms with van der Waals surface area (Å²) in [5.74, 6) is -1.49. The van der Waals surface area contributed by atoms with Crippen LogP contribution in [0, 0.1) is 0 Å². The summed E-state index contributed by atoms with van der Waals surface area (Å²) in [5, 5.41) is 8.91. The Morgan fingerprint density at radius 2 is 1.24 bits per heavy atom. The van der Waals surface area contributed by atoms with E-state index in [0.29, 0.717) is 6.54 Å². The number of aliphatic carboxylic acids is 1. The minimum atomic E-state index is -1.04. The molecule has 0 aromatic heterocycles. The molecule has 198 valence electrons. The Kier molecular flexibility index (Phi) is 12.9. The van der Waals surface area contributed by atoms with Gasteiger partial charge in [0.25, 0.3) is 0 Å². The van der Waals surface area contributed by atoms with Crippen molar-refractivity contribution >= 4 is 74.6 Å². The molecule has 0 saturated carbocycles. The molecular formula is C23H24BBr3N2O8. The molecule has 2 amide bonds. The zero-order valence-electron chi connectivity index (χ0n) is 19.7. The molecule has 2 heterocycles. The fourth-order valence-corrected chi connectivity index (χ4v) is 3.35. The first-order valence-corrected chi connectivity index (χ1v) is 13.6. The average Bonchev–Trinajstić information content (AvgIpc) is 3.42. The van der Waals surface area contributed by atoms with Gasteiger partial charge >= 0.3 is 27.3 Å². The predicted octanol–water partition coefficient (Wildman–Crippen LogP) is 4.43. The number of rotatable bonds is 6. The fourth-order valence-electron chi connectivity index (χ4n) is 3.35. The molecule has 0 spiro atoms. The van der Waals surface area contributed by atoms with E-state index < -0.39 is 36.2 Å². The minimum Gasteiger partial charge on any atom is -0.480 e. The van der Waals surface area contributed by atoms with E-state index in [1.807, 2.05) is 60.7 Å². The maximum Gasteiger partial charge on any atom is 0.411 e. The lowest BCUT2D eigenvalue weighted by molar-refractivity contribution is -0.145. The maximum atomic E-state index is 11.5. The van der Waals surface area contributed by atoms with E-state index in [1.165, 1.54) is 16.9 Å². The number of amides is 2. The van der Waals surface area contributed by atoms with Crippen molar-refractivity contribution in [3.8, 4) is 0 Å². The number of carbonyl (C=O) groups is 4. The van der Waals surface area contributed by atoms with Gasteiger partial charge in [-0.05, 0) is 11.1 Å². The zero-order valence-corrected chi connectivity index (χ0v) is 24.4. The third-order valence-corrected chi connectivity index (χ3v) is 5.10. The lowest BCUT2D eigenvalue weighted by atomic mass is 10.2. The number of hydrogen-bond donors (Lipinski definition) is 1. The summed E-state index contributed by atoms with van der Waals surface area (Å²) < 4.78 is 14.5. The first-order chi connectivity index (χ1) is 17.6. The molecule has 0 bridgehead atoms. The van der Waals surface area contributed by atoms with Gasteiger partial charge in [0.2, 0.25) is 0 Å². The van der Waals surface area contributed by atoms with Crippen molar-refractivity contribution < 1.29 is 38.5 Å². The SMILES string of the molecule is BrB(Br)Br.COC(=O)[C@H]1COC(=O)N1Cc1ccccc1.O=C(O)[C@H]1COC(=O)N1Cc1ccccc1. The van der Waals surface area contributed by atoms with E-state index in [9.17, 15) is 19.2 Å². The molecule has 2 aliphatic heterocycles. The lowest BCUT2D eigenvalue weighted by Crippen LogP contribution is -2.39. The first kappa shape index (κ1) is 30.6. The van der Waals surface area contributed by atoms with E-state index in [2.05, 4.69) is 52.0 Å². The molecule has 2 aliphatic rings. The van der Waals surface area contributed by atoms with E-state index >= 15 is 0 Å². The molecule has 10 nitrogen and oxygen atoms in total. The van der Waals surface area contributed by atoms with Crippen molar-refractivity contribution in [2.75, 3.05) is 20.3 Å². The molecule has 2 aromatic rings. The molecule has 37 heavy (non-hydrogen) atoms. The van der Waals surface area contributed by atoms with Crippen molar-refractivity contribution in [3.63, 3.8) is 0 Å². The number of halogens is 3. The third-order valence-electron chi connectivity index (χ3n) is 5.10. The standard InChI is InChI=1S/C12H13NO4.C11H11NO4.BBr3/c1-16-11(14)10-8-17-12(15)13(10)7-9-5-3-2-4-6-9;13-10(14)9-7-16-11(15)12(9)6-8-4-2-1-3-5-8;2-1(3)4/h2-6,10H,7-8H2,1H3;1-5,9H,6-7H2,(H,13,14);/t10-;9-;/m11./s1. The summed E-state index contributed by atoms with van der Waals surface area (Å²) in [6.07, 6.45) is -1.06. The first-order valence-electron chi connectivity index (χ1n) is 10.8. The second-order valence-electron chi connectivity index (χ2n) is 7.52. The van der Waals surface area contributed by atoms with Gasteiger partial charge in [0.15, 0.2) is 12.1 Å². The van der Waals surface area contributed by atoms with Crippen molar-refractivity contribution in [3.05, 3.63) is 71.8 Å². The number of esters is 1. The Hall–Kier alpha value is -2.58. The number of carboxylic acid groups (broad SMARTS) is 1. The molecule has 1 N–H and O–H groups in total. The molecule has 4 rings (SSSR count). The number of benzene rings is 2. The summed E-state index contributed by atoms with van der Waals surface area (Å²) in [4.78, 5) is 47.8. The van der Waals surface area contributed by atoms with Crippen LogP contribution < -0.4 is 0 Å². The number of carbonyl (C=O) groups excluding carboxylic acids is 3. The van der Waals surface area contributed by atoms with Gasteiger partial charge in [0.1, 0.15) is 13.2 Å². The van der Waals surface area contributed by atoms with Crippen molar-refractivity contribution in [2.24, 2.45) is 0 Å². The number of cyclic esters (lactones) is 2. The van der Waals surface area contributed by atoms with Gasteiger partial charge in [-0.15, -0.1) is 47.3 Å². The van der Waals surface area contributed by atoms with Crippen LogP contribution in [0.4, 0.5) is 9.59 Å². The van der Waals surface area contributed by atoms with Crippen LogP contribution in [0.3, 0.4) is 0 Å². The Morgan fingerprint density at radius 1 is 0.865 bits per heavy atom. The molecule has 2 saturated heterocycles. The van der Waals surface area contributed by atoms with Crippen molar-refractivity contribution in [1.29, 1.82) is 0 Å². The van der Waals surface area contributed by atoms with Crippen LogP contribution >= 0.6 is 47.3 Å². The lowest BCUT2D eigenvalue weighted by Gasteiger charge is -2.19. The van der Waals surface area contributed by atoms with Crippen LogP contribution in [0.1, 0.15) is 11.1 Å².